The minimum atomic E-state index is 0.720. The lowest BCUT2D eigenvalue weighted by Gasteiger charge is -2.47. The van der Waals surface area contributed by atoms with Crippen LogP contribution in [0.25, 0.3) is 0 Å². The molecule has 2 saturated heterocycles. The number of piperidine rings is 1. The van der Waals surface area contributed by atoms with Crippen molar-refractivity contribution < 1.29 is 0 Å². The topological polar surface area (TPSA) is 18.5 Å². The number of nitrogens with zero attached hydrogens (tertiary/aromatic N) is 2. The molecule has 0 aromatic rings. The quantitative estimate of drug-likeness (QED) is 0.705. The van der Waals surface area contributed by atoms with Gasteiger partial charge in [0, 0.05) is 31.7 Å². The maximum atomic E-state index is 3.67. The second-order valence-corrected chi connectivity index (χ2v) is 4.44. The van der Waals surface area contributed by atoms with Gasteiger partial charge in [-0.3, -0.25) is 4.90 Å². The zero-order chi connectivity index (χ0) is 9.97. The van der Waals surface area contributed by atoms with E-state index in [-0.39, 0.29) is 0 Å². The molecule has 1 N–H and O–H groups in total. The van der Waals surface area contributed by atoms with Crippen LogP contribution in [0.5, 0.6) is 0 Å². The molecule has 0 saturated carbocycles. The molecule has 3 nitrogen and oxygen atoms in total. The Kier molecular flexibility index (Phi) is 3.42. The van der Waals surface area contributed by atoms with Crippen LogP contribution in [0.15, 0.2) is 0 Å². The van der Waals surface area contributed by atoms with Crippen molar-refractivity contribution in [1.29, 1.82) is 0 Å². The maximum Gasteiger partial charge on any atom is 0.0352 e. The van der Waals surface area contributed by atoms with Crippen LogP contribution < -0.4 is 5.32 Å². The Bertz CT molecular complexity index is 179. The Hall–Kier alpha value is -0.120. The number of hydrogen-bond acceptors (Lipinski definition) is 3. The normalized spacial score (nSPS) is 37.5. The number of fused-ring (bicyclic) bond motifs is 2. The third kappa shape index (κ3) is 1.95. The van der Waals surface area contributed by atoms with E-state index in [1.54, 1.807) is 0 Å². The SMILES string of the molecule is CCN(CC)[C@H]1CCN2CCN[C@@H]1C2. The highest BCUT2D eigenvalue weighted by molar-refractivity contribution is 4.94. The molecular weight excluding hydrogens is 174 g/mol. The largest absolute Gasteiger partial charge is 0.310 e. The average Bonchev–Trinajstić information content (AvgIpc) is 2.23. The first-order valence-corrected chi connectivity index (χ1v) is 6.05. The van der Waals surface area contributed by atoms with Crippen LogP contribution in [-0.4, -0.2) is 61.2 Å². The molecule has 2 fully saturated rings. The first kappa shape index (κ1) is 10.4. The second-order valence-electron chi connectivity index (χ2n) is 4.44. The molecule has 2 rings (SSSR count). The van der Waals surface area contributed by atoms with Gasteiger partial charge in [0.15, 0.2) is 0 Å². The van der Waals surface area contributed by atoms with Crippen LogP contribution in [0.3, 0.4) is 0 Å². The highest BCUT2D eigenvalue weighted by atomic mass is 15.3. The van der Waals surface area contributed by atoms with E-state index in [0.29, 0.717) is 0 Å². The fourth-order valence-corrected chi connectivity index (χ4v) is 2.95. The molecule has 0 amide bonds. The van der Waals surface area contributed by atoms with Gasteiger partial charge in [0.25, 0.3) is 0 Å². The number of piperazine rings is 1. The predicted molar refractivity (Wildman–Crippen MR) is 59.6 cm³/mol. The minimum absolute atomic E-state index is 0.720. The summed E-state index contributed by atoms with van der Waals surface area (Å²) in [6.07, 6.45) is 1.35. The number of hydrogen-bond donors (Lipinski definition) is 1. The molecule has 0 radical (unpaired) electrons. The number of nitrogens with one attached hydrogen (secondary N) is 1. The Labute approximate surface area is 87.4 Å². The fraction of sp³-hybridized carbons (Fsp3) is 1.00. The summed E-state index contributed by atoms with van der Waals surface area (Å²) in [7, 11) is 0. The molecule has 1 unspecified atom stereocenters. The number of likely N-dealkylation sites (N-methyl/N-ethyl adjacent to an activating group) is 1. The van der Waals surface area contributed by atoms with Crippen LogP contribution >= 0.6 is 0 Å². The monoisotopic (exact) mass is 197 g/mol. The van der Waals surface area contributed by atoms with Gasteiger partial charge in [-0.1, -0.05) is 13.8 Å². The summed E-state index contributed by atoms with van der Waals surface area (Å²) in [5.41, 5.74) is 0. The Morgan fingerprint density at radius 3 is 2.79 bits per heavy atom. The maximum absolute atomic E-state index is 3.67. The van der Waals surface area contributed by atoms with Crippen LogP contribution in [0, 0.1) is 0 Å². The predicted octanol–water partition coefficient (Wildman–Crippen LogP) is 0.374. The molecule has 2 aliphatic heterocycles. The molecule has 2 heterocycles. The highest BCUT2D eigenvalue weighted by Gasteiger charge is 2.33. The van der Waals surface area contributed by atoms with Crippen molar-refractivity contribution in [2.45, 2.75) is 32.4 Å². The molecule has 82 valence electrons. The van der Waals surface area contributed by atoms with Crippen molar-refractivity contribution in [3.63, 3.8) is 0 Å². The van der Waals surface area contributed by atoms with E-state index in [4.69, 9.17) is 0 Å². The van der Waals surface area contributed by atoms with Gasteiger partial charge < -0.3 is 10.2 Å². The second kappa shape index (κ2) is 4.60. The van der Waals surface area contributed by atoms with Crippen LogP contribution in [0.4, 0.5) is 0 Å². The standard InChI is InChI=1S/C11H23N3/c1-3-14(4-2)11-5-7-13-8-6-12-10(11)9-13/h10-12H,3-9H2,1-2H3/t10-,11+/m1/s1. The van der Waals surface area contributed by atoms with E-state index in [9.17, 15) is 0 Å². The summed E-state index contributed by atoms with van der Waals surface area (Å²) in [5, 5.41) is 3.67. The van der Waals surface area contributed by atoms with Gasteiger partial charge in [-0.05, 0) is 26.1 Å². The molecule has 3 atom stereocenters. The summed E-state index contributed by atoms with van der Waals surface area (Å²) < 4.78 is 0. The first-order chi connectivity index (χ1) is 6.85. The van der Waals surface area contributed by atoms with E-state index in [2.05, 4.69) is 29.0 Å². The van der Waals surface area contributed by atoms with Gasteiger partial charge in [0.2, 0.25) is 0 Å². The molecule has 0 aromatic heterocycles. The van der Waals surface area contributed by atoms with Gasteiger partial charge in [-0.25, -0.2) is 0 Å². The van der Waals surface area contributed by atoms with Crippen molar-refractivity contribution >= 4 is 0 Å². The minimum Gasteiger partial charge on any atom is -0.310 e. The third-order valence-corrected chi connectivity index (χ3v) is 3.78. The van der Waals surface area contributed by atoms with Crippen LogP contribution in [-0.2, 0) is 0 Å². The van der Waals surface area contributed by atoms with Gasteiger partial charge >= 0.3 is 0 Å². The molecular formula is C11H23N3. The summed E-state index contributed by atoms with van der Waals surface area (Å²) in [6, 6.07) is 1.50. The lowest BCUT2D eigenvalue weighted by Crippen LogP contribution is -2.64. The lowest BCUT2D eigenvalue weighted by molar-refractivity contribution is 0.0582. The van der Waals surface area contributed by atoms with E-state index in [1.165, 1.54) is 45.7 Å². The van der Waals surface area contributed by atoms with Crippen molar-refractivity contribution in [3.8, 4) is 0 Å². The molecule has 2 aliphatic rings. The van der Waals surface area contributed by atoms with Gasteiger partial charge in [0.05, 0.1) is 0 Å². The lowest BCUT2D eigenvalue weighted by atomic mass is 9.95. The zero-order valence-corrected chi connectivity index (χ0v) is 9.50. The van der Waals surface area contributed by atoms with Gasteiger partial charge in [-0.2, -0.15) is 0 Å². The van der Waals surface area contributed by atoms with Crippen molar-refractivity contribution in [1.82, 2.24) is 15.1 Å². The molecule has 2 bridgehead atoms. The summed E-state index contributed by atoms with van der Waals surface area (Å²) in [6.45, 7) is 11.9. The Balaban J connectivity index is 1.97. The number of rotatable bonds is 3. The zero-order valence-electron chi connectivity index (χ0n) is 9.50. The van der Waals surface area contributed by atoms with E-state index >= 15 is 0 Å². The summed E-state index contributed by atoms with van der Waals surface area (Å²) in [5.74, 6) is 0. The first-order valence-electron chi connectivity index (χ1n) is 6.05. The average molecular weight is 197 g/mol. The third-order valence-electron chi connectivity index (χ3n) is 3.78. The highest BCUT2D eigenvalue weighted by Crippen LogP contribution is 2.18. The van der Waals surface area contributed by atoms with Gasteiger partial charge in [-0.15, -0.1) is 0 Å². The fourth-order valence-electron chi connectivity index (χ4n) is 2.95. The summed E-state index contributed by atoms with van der Waals surface area (Å²) >= 11 is 0. The Morgan fingerprint density at radius 2 is 2.07 bits per heavy atom. The van der Waals surface area contributed by atoms with Crippen LogP contribution in [0.1, 0.15) is 20.3 Å². The van der Waals surface area contributed by atoms with E-state index < -0.39 is 0 Å². The smallest absolute Gasteiger partial charge is 0.0352 e. The van der Waals surface area contributed by atoms with E-state index in [1.807, 2.05) is 0 Å². The van der Waals surface area contributed by atoms with Crippen molar-refractivity contribution in [2.75, 3.05) is 39.3 Å². The molecule has 0 aromatic carbocycles. The summed E-state index contributed by atoms with van der Waals surface area (Å²) in [4.78, 5) is 5.21. The van der Waals surface area contributed by atoms with Gasteiger partial charge in [0.1, 0.15) is 0 Å². The molecule has 0 spiro atoms. The van der Waals surface area contributed by atoms with E-state index in [0.717, 1.165) is 12.1 Å². The molecule has 0 aliphatic carbocycles. The Morgan fingerprint density at radius 1 is 1.29 bits per heavy atom. The van der Waals surface area contributed by atoms with Crippen LogP contribution in [0.2, 0.25) is 0 Å². The molecule has 14 heavy (non-hydrogen) atoms. The van der Waals surface area contributed by atoms with Crippen molar-refractivity contribution in [2.24, 2.45) is 0 Å². The molecule has 3 heteroatoms. The van der Waals surface area contributed by atoms with Crippen molar-refractivity contribution in [3.05, 3.63) is 0 Å².